The number of alkyl halides is 3. The van der Waals surface area contributed by atoms with E-state index < -0.39 is 12.1 Å². The summed E-state index contributed by atoms with van der Waals surface area (Å²) in [7, 11) is 0. The summed E-state index contributed by atoms with van der Waals surface area (Å²) in [5, 5.41) is 0. The van der Waals surface area contributed by atoms with Crippen LogP contribution in [0.2, 0.25) is 0 Å². The van der Waals surface area contributed by atoms with E-state index in [4.69, 9.17) is 0 Å². The van der Waals surface area contributed by atoms with Crippen LogP contribution in [0.25, 0.3) is 0 Å². The van der Waals surface area contributed by atoms with Crippen LogP contribution in [0.15, 0.2) is 24.3 Å². The zero-order valence-electron chi connectivity index (χ0n) is 10.8. The molecule has 0 spiro atoms. The van der Waals surface area contributed by atoms with E-state index >= 15 is 0 Å². The standard InChI is InChI=1S/C14H15F3INO/c15-14(16,17)11-5-7-19(8-6-11)9-13(20)10-1-3-12(18)4-2-10/h1-4,11H,5-9H2. The average molecular weight is 397 g/mol. The number of nitrogens with zero attached hydrogens (tertiary/aromatic N) is 1. The molecule has 1 fully saturated rings. The van der Waals surface area contributed by atoms with Gasteiger partial charge in [0.15, 0.2) is 5.78 Å². The van der Waals surface area contributed by atoms with Crippen LogP contribution in [-0.4, -0.2) is 36.5 Å². The van der Waals surface area contributed by atoms with Gasteiger partial charge in [-0.15, -0.1) is 0 Å². The predicted molar refractivity (Wildman–Crippen MR) is 78.7 cm³/mol. The number of Topliss-reactive ketones (excluding diaryl/α,β-unsaturated/α-hetero) is 1. The Kier molecular flexibility index (Phi) is 5.06. The lowest BCUT2D eigenvalue weighted by molar-refractivity contribution is -0.184. The number of benzene rings is 1. The van der Waals surface area contributed by atoms with Gasteiger partial charge in [0.1, 0.15) is 0 Å². The predicted octanol–water partition coefficient (Wildman–Crippen LogP) is 3.75. The Balaban J connectivity index is 1.86. The van der Waals surface area contributed by atoms with Gasteiger partial charge in [0.2, 0.25) is 0 Å². The molecule has 1 saturated heterocycles. The molecule has 1 aliphatic rings. The van der Waals surface area contributed by atoms with Crippen LogP contribution < -0.4 is 0 Å². The minimum absolute atomic E-state index is 0.0353. The summed E-state index contributed by atoms with van der Waals surface area (Å²) in [6.07, 6.45) is -3.93. The molecular formula is C14H15F3INO. The molecule has 1 heterocycles. The fourth-order valence-electron chi connectivity index (χ4n) is 2.35. The van der Waals surface area contributed by atoms with Gasteiger partial charge in [-0.25, -0.2) is 0 Å². The van der Waals surface area contributed by atoms with Crippen LogP contribution in [0.5, 0.6) is 0 Å². The van der Waals surface area contributed by atoms with E-state index in [1.54, 1.807) is 12.1 Å². The van der Waals surface area contributed by atoms with E-state index in [9.17, 15) is 18.0 Å². The molecule has 0 atom stereocenters. The molecule has 0 N–H and O–H groups in total. The third kappa shape index (κ3) is 4.18. The maximum atomic E-state index is 12.5. The Morgan fingerprint density at radius 2 is 1.75 bits per heavy atom. The number of hydrogen-bond donors (Lipinski definition) is 0. The van der Waals surface area contributed by atoms with E-state index in [1.807, 2.05) is 17.0 Å². The first kappa shape index (κ1) is 15.8. The lowest BCUT2D eigenvalue weighted by atomic mass is 9.96. The van der Waals surface area contributed by atoms with Crippen molar-refractivity contribution >= 4 is 28.4 Å². The van der Waals surface area contributed by atoms with Crippen LogP contribution in [0.3, 0.4) is 0 Å². The zero-order chi connectivity index (χ0) is 14.8. The summed E-state index contributed by atoms with van der Waals surface area (Å²) in [6.45, 7) is 0.867. The quantitative estimate of drug-likeness (QED) is 0.572. The van der Waals surface area contributed by atoms with Gasteiger partial charge in [-0.1, -0.05) is 12.1 Å². The van der Waals surface area contributed by atoms with E-state index in [1.165, 1.54) is 0 Å². The van der Waals surface area contributed by atoms with Gasteiger partial charge in [0.25, 0.3) is 0 Å². The first-order valence-corrected chi connectivity index (χ1v) is 7.52. The summed E-state index contributed by atoms with van der Waals surface area (Å²) >= 11 is 2.16. The Hall–Kier alpha value is -0.630. The first-order chi connectivity index (χ1) is 9.36. The molecule has 0 aromatic heterocycles. The van der Waals surface area contributed by atoms with Gasteiger partial charge in [0, 0.05) is 9.13 Å². The molecule has 1 aromatic rings. The third-order valence-corrected chi connectivity index (χ3v) is 4.30. The summed E-state index contributed by atoms with van der Waals surface area (Å²) in [4.78, 5) is 13.8. The summed E-state index contributed by atoms with van der Waals surface area (Å²) in [5.41, 5.74) is 0.614. The van der Waals surface area contributed by atoms with E-state index in [-0.39, 0.29) is 25.2 Å². The molecule has 1 aromatic carbocycles. The largest absolute Gasteiger partial charge is 0.391 e. The van der Waals surface area contributed by atoms with Crippen molar-refractivity contribution in [1.82, 2.24) is 4.90 Å². The third-order valence-electron chi connectivity index (χ3n) is 3.58. The lowest BCUT2D eigenvalue weighted by Crippen LogP contribution is -2.41. The maximum absolute atomic E-state index is 12.5. The molecule has 1 aliphatic heterocycles. The molecule has 2 nitrogen and oxygen atoms in total. The summed E-state index contributed by atoms with van der Waals surface area (Å²) in [5.74, 6) is -1.25. The Morgan fingerprint density at radius 1 is 1.20 bits per heavy atom. The van der Waals surface area contributed by atoms with Crippen molar-refractivity contribution in [2.75, 3.05) is 19.6 Å². The highest BCUT2D eigenvalue weighted by Gasteiger charge is 2.41. The first-order valence-electron chi connectivity index (χ1n) is 6.44. The normalized spacial score (nSPS) is 18.2. The average Bonchev–Trinajstić information content (AvgIpc) is 2.39. The van der Waals surface area contributed by atoms with E-state index in [0.717, 1.165) is 3.57 Å². The summed E-state index contributed by atoms with van der Waals surface area (Å²) < 4.78 is 38.7. The number of rotatable bonds is 3. The monoisotopic (exact) mass is 397 g/mol. The molecule has 20 heavy (non-hydrogen) atoms. The summed E-state index contributed by atoms with van der Waals surface area (Å²) in [6, 6.07) is 7.21. The maximum Gasteiger partial charge on any atom is 0.391 e. The number of likely N-dealkylation sites (tertiary alicyclic amines) is 1. The highest BCUT2D eigenvalue weighted by atomic mass is 127. The van der Waals surface area contributed by atoms with Crippen molar-refractivity contribution in [3.8, 4) is 0 Å². The smallest absolute Gasteiger partial charge is 0.296 e. The number of carbonyl (C=O) groups excluding carboxylic acids is 1. The van der Waals surface area contributed by atoms with Crippen LogP contribution in [-0.2, 0) is 0 Å². The molecule has 0 saturated carbocycles. The van der Waals surface area contributed by atoms with Crippen molar-refractivity contribution < 1.29 is 18.0 Å². The van der Waals surface area contributed by atoms with Crippen molar-refractivity contribution in [3.05, 3.63) is 33.4 Å². The molecule has 6 heteroatoms. The molecule has 0 aliphatic carbocycles. The molecule has 0 radical (unpaired) electrons. The molecule has 2 rings (SSSR count). The fraction of sp³-hybridized carbons (Fsp3) is 0.500. The SMILES string of the molecule is O=C(CN1CCC(C(F)(F)F)CC1)c1ccc(I)cc1. The van der Waals surface area contributed by atoms with Crippen molar-refractivity contribution in [2.24, 2.45) is 5.92 Å². The number of piperidine rings is 1. The van der Waals surface area contributed by atoms with Crippen molar-refractivity contribution in [1.29, 1.82) is 0 Å². The topological polar surface area (TPSA) is 20.3 Å². The molecule has 0 bridgehead atoms. The van der Waals surface area contributed by atoms with Gasteiger partial charge in [0.05, 0.1) is 12.5 Å². The van der Waals surface area contributed by atoms with Gasteiger partial charge in [-0.3, -0.25) is 9.69 Å². The second-order valence-corrected chi connectivity index (χ2v) is 6.27. The Bertz CT molecular complexity index is 464. The van der Waals surface area contributed by atoms with Gasteiger partial charge in [-0.05, 0) is 60.7 Å². The van der Waals surface area contributed by atoms with Crippen LogP contribution in [0.1, 0.15) is 23.2 Å². The minimum Gasteiger partial charge on any atom is -0.296 e. The fourth-order valence-corrected chi connectivity index (χ4v) is 2.71. The van der Waals surface area contributed by atoms with Crippen molar-refractivity contribution in [2.45, 2.75) is 19.0 Å². The number of halogens is 4. The minimum atomic E-state index is -4.10. The molecule has 110 valence electrons. The van der Waals surface area contributed by atoms with Gasteiger partial charge in [-0.2, -0.15) is 13.2 Å². The highest BCUT2D eigenvalue weighted by molar-refractivity contribution is 14.1. The number of hydrogen-bond acceptors (Lipinski definition) is 2. The second-order valence-electron chi connectivity index (χ2n) is 5.02. The van der Waals surface area contributed by atoms with Gasteiger partial charge >= 0.3 is 6.18 Å². The van der Waals surface area contributed by atoms with E-state index in [2.05, 4.69) is 22.6 Å². The Morgan fingerprint density at radius 3 is 2.25 bits per heavy atom. The van der Waals surface area contributed by atoms with E-state index in [0.29, 0.717) is 18.7 Å². The van der Waals surface area contributed by atoms with Crippen LogP contribution in [0, 0.1) is 9.49 Å². The molecule has 0 unspecified atom stereocenters. The van der Waals surface area contributed by atoms with Gasteiger partial charge < -0.3 is 0 Å². The molecular weight excluding hydrogens is 382 g/mol. The number of carbonyl (C=O) groups is 1. The zero-order valence-corrected chi connectivity index (χ0v) is 12.9. The van der Waals surface area contributed by atoms with Crippen molar-refractivity contribution in [3.63, 3.8) is 0 Å². The Labute approximate surface area is 129 Å². The highest BCUT2D eigenvalue weighted by Crippen LogP contribution is 2.34. The van der Waals surface area contributed by atoms with Crippen LogP contribution >= 0.6 is 22.6 Å². The molecule has 0 amide bonds. The lowest BCUT2D eigenvalue weighted by Gasteiger charge is -2.32. The number of ketones is 1. The van der Waals surface area contributed by atoms with Crippen LogP contribution in [0.4, 0.5) is 13.2 Å². The second kappa shape index (κ2) is 6.43.